The van der Waals surface area contributed by atoms with E-state index >= 15 is 0 Å². The molecule has 6 aromatic rings. The van der Waals surface area contributed by atoms with E-state index in [0.29, 0.717) is 11.8 Å². The van der Waals surface area contributed by atoms with Crippen LogP contribution in [0.5, 0.6) is 0 Å². The molecule has 0 radical (unpaired) electrons. The number of hydrogen-bond donors (Lipinski definition) is 0. The van der Waals surface area contributed by atoms with Crippen molar-refractivity contribution in [3.05, 3.63) is 186 Å². The summed E-state index contributed by atoms with van der Waals surface area (Å²) in [4.78, 5) is 4.91. The molecule has 52 heavy (non-hydrogen) atoms. The zero-order valence-corrected chi connectivity index (χ0v) is 30.5. The topological polar surface area (TPSA) is 6.48 Å². The van der Waals surface area contributed by atoms with E-state index in [4.69, 9.17) is 0 Å². The molecule has 254 valence electrons. The average molecular weight is 673 g/mol. The van der Waals surface area contributed by atoms with Crippen molar-refractivity contribution in [2.45, 2.75) is 50.9 Å². The fraction of sp³-hybridized carbons (Fsp3) is 0.200. The summed E-state index contributed by atoms with van der Waals surface area (Å²) in [5, 5.41) is 0. The third-order valence-corrected chi connectivity index (χ3v) is 12.7. The largest absolute Gasteiger partial charge is 0.341 e. The molecule has 6 aromatic carbocycles. The highest BCUT2D eigenvalue weighted by Crippen LogP contribution is 2.55. The van der Waals surface area contributed by atoms with Crippen molar-refractivity contribution in [1.82, 2.24) is 0 Å². The van der Waals surface area contributed by atoms with Crippen LogP contribution in [0, 0.1) is 5.92 Å². The molecular formula is C50H44N2. The first-order valence-corrected chi connectivity index (χ1v) is 18.9. The van der Waals surface area contributed by atoms with Gasteiger partial charge in [0, 0.05) is 46.3 Å². The molecule has 0 spiro atoms. The monoisotopic (exact) mass is 672 g/mol. The lowest BCUT2D eigenvalue weighted by Gasteiger charge is -2.31. The Morgan fingerprint density at radius 2 is 1.21 bits per heavy atom. The summed E-state index contributed by atoms with van der Waals surface area (Å²) < 4.78 is 0. The maximum absolute atomic E-state index is 2.48. The van der Waals surface area contributed by atoms with Crippen LogP contribution in [0.1, 0.15) is 61.4 Å². The van der Waals surface area contributed by atoms with Crippen LogP contribution < -0.4 is 9.80 Å². The molecule has 1 aliphatic heterocycles. The summed E-state index contributed by atoms with van der Waals surface area (Å²) in [6, 6.07) is 50.3. The normalized spacial score (nSPS) is 19.5. The first-order valence-electron chi connectivity index (χ1n) is 18.9. The SMILES string of the molecule is CC1(C)c2ccccc2-c2ccc(N(c3ccc(-c4ccc(N5CCc6ccccc65)cc4)cc3)c3ccc4c(c3)C(C)(C)C3C=CC=CC43)cc21. The van der Waals surface area contributed by atoms with Gasteiger partial charge in [0.2, 0.25) is 0 Å². The van der Waals surface area contributed by atoms with Crippen molar-refractivity contribution in [2.24, 2.45) is 5.92 Å². The molecule has 2 nitrogen and oxygen atoms in total. The number of nitrogens with zero attached hydrogens (tertiary/aromatic N) is 2. The van der Waals surface area contributed by atoms with E-state index in [0.717, 1.165) is 18.7 Å². The zero-order valence-electron chi connectivity index (χ0n) is 30.5. The van der Waals surface area contributed by atoms with Crippen LogP contribution in [0.4, 0.5) is 28.4 Å². The van der Waals surface area contributed by atoms with Crippen LogP contribution in [0.15, 0.2) is 158 Å². The number of fused-ring (bicyclic) bond motifs is 7. The minimum atomic E-state index is -0.0743. The fourth-order valence-corrected chi connectivity index (χ4v) is 9.83. The number of allylic oxidation sites excluding steroid dienone is 4. The van der Waals surface area contributed by atoms with Gasteiger partial charge in [-0.25, -0.2) is 0 Å². The minimum Gasteiger partial charge on any atom is -0.341 e. The van der Waals surface area contributed by atoms with Crippen molar-refractivity contribution >= 4 is 28.4 Å². The number of benzene rings is 6. The summed E-state index contributed by atoms with van der Waals surface area (Å²) in [5.74, 6) is 0.907. The van der Waals surface area contributed by atoms with Gasteiger partial charge in [-0.15, -0.1) is 0 Å². The minimum absolute atomic E-state index is 0.0394. The molecular weight excluding hydrogens is 629 g/mol. The van der Waals surface area contributed by atoms with Crippen molar-refractivity contribution in [1.29, 1.82) is 0 Å². The highest BCUT2D eigenvalue weighted by Gasteiger charge is 2.45. The molecule has 0 aromatic heterocycles. The molecule has 2 heteroatoms. The maximum Gasteiger partial charge on any atom is 0.0465 e. The van der Waals surface area contributed by atoms with E-state index < -0.39 is 0 Å². The molecule has 0 fully saturated rings. The third kappa shape index (κ3) is 4.63. The average Bonchev–Trinajstić information content (AvgIpc) is 3.79. The van der Waals surface area contributed by atoms with E-state index in [1.807, 2.05) is 0 Å². The lowest BCUT2D eigenvalue weighted by molar-refractivity contribution is 0.394. The number of rotatable bonds is 5. The first kappa shape index (κ1) is 31.2. The number of para-hydroxylation sites is 1. The predicted molar refractivity (Wildman–Crippen MR) is 219 cm³/mol. The molecule has 0 saturated carbocycles. The molecule has 2 atom stereocenters. The van der Waals surface area contributed by atoms with E-state index in [1.54, 1.807) is 0 Å². The molecule has 4 aliphatic rings. The van der Waals surface area contributed by atoms with Gasteiger partial charge in [0.1, 0.15) is 0 Å². The van der Waals surface area contributed by atoms with Gasteiger partial charge < -0.3 is 9.80 Å². The van der Waals surface area contributed by atoms with E-state index in [2.05, 4.69) is 195 Å². The predicted octanol–water partition coefficient (Wildman–Crippen LogP) is 12.9. The van der Waals surface area contributed by atoms with Gasteiger partial charge in [0.25, 0.3) is 0 Å². The van der Waals surface area contributed by atoms with Crippen molar-refractivity contribution in [2.75, 3.05) is 16.3 Å². The Morgan fingerprint density at radius 1 is 0.577 bits per heavy atom. The summed E-state index contributed by atoms with van der Waals surface area (Å²) >= 11 is 0. The Kier molecular flexibility index (Phi) is 6.86. The van der Waals surface area contributed by atoms with Crippen LogP contribution in [-0.2, 0) is 17.3 Å². The third-order valence-electron chi connectivity index (χ3n) is 12.7. The Hall–Kier alpha value is -5.60. The molecule has 10 rings (SSSR count). The standard InChI is InChI=1S/C50H44N2/c1-49(2)44-14-8-6-12-40(44)42-27-25-38(31-46(42)49)52(39-26-28-43-41-13-7-9-15-45(41)50(3,4)47(43)32-39)37-23-19-34(20-24-37)33-17-21-36(22-18-33)51-30-29-35-11-5-10-16-48(35)51/h5-28,31-32,40,44H,29-30H2,1-4H3. The van der Waals surface area contributed by atoms with Gasteiger partial charge >= 0.3 is 0 Å². The van der Waals surface area contributed by atoms with Crippen LogP contribution >= 0.6 is 0 Å². The summed E-state index contributed by atoms with van der Waals surface area (Å²) in [6.07, 6.45) is 10.4. The van der Waals surface area contributed by atoms with Crippen LogP contribution in [0.25, 0.3) is 22.3 Å². The number of hydrogen-bond acceptors (Lipinski definition) is 2. The van der Waals surface area contributed by atoms with Crippen LogP contribution in [0.3, 0.4) is 0 Å². The Morgan fingerprint density at radius 3 is 2.02 bits per heavy atom. The second kappa shape index (κ2) is 11.5. The number of anilines is 5. The zero-order chi connectivity index (χ0) is 35.2. The van der Waals surface area contributed by atoms with Gasteiger partial charge in [0.15, 0.2) is 0 Å². The first-order chi connectivity index (χ1) is 25.3. The lowest BCUT2D eigenvalue weighted by Crippen LogP contribution is -2.24. The highest BCUT2D eigenvalue weighted by atomic mass is 15.2. The highest BCUT2D eigenvalue weighted by molar-refractivity contribution is 5.86. The Bertz CT molecular complexity index is 2430. The molecule has 3 aliphatic carbocycles. The fourth-order valence-electron chi connectivity index (χ4n) is 9.83. The van der Waals surface area contributed by atoms with Crippen LogP contribution in [0.2, 0.25) is 0 Å². The molecule has 0 N–H and O–H groups in total. The summed E-state index contributed by atoms with van der Waals surface area (Å²) in [5.41, 5.74) is 18.4. The van der Waals surface area contributed by atoms with E-state index in [-0.39, 0.29) is 10.8 Å². The van der Waals surface area contributed by atoms with Crippen molar-refractivity contribution < 1.29 is 0 Å². The molecule has 0 bridgehead atoms. The van der Waals surface area contributed by atoms with Gasteiger partial charge in [-0.05, 0) is 122 Å². The second-order valence-corrected chi connectivity index (χ2v) is 16.2. The van der Waals surface area contributed by atoms with Gasteiger partial charge in [-0.1, -0.05) is 131 Å². The van der Waals surface area contributed by atoms with Gasteiger partial charge in [-0.3, -0.25) is 0 Å². The quantitative estimate of drug-likeness (QED) is 0.180. The van der Waals surface area contributed by atoms with E-state index in [1.165, 1.54) is 72.8 Å². The maximum atomic E-state index is 2.48. The van der Waals surface area contributed by atoms with Gasteiger partial charge in [-0.2, -0.15) is 0 Å². The Labute approximate surface area is 308 Å². The smallest absolute Gasteiger partial charge is 0.0465 e. The van der Waals surface area contributed by atoms with Crippen molar-refractivity contribution in [3.63, 3.8) is 0 Å². The lowest BCUT2D eigenvalue weighted by atomic mass is 9.74. The molecule has 2 unspecified atom stereocenters. The van der Waals surface area contributed by atoms with E-state index in [9.17, 15) is 0 Å². The Balaban J connectivity index is 1.04. The molecule has 0 saturated heterocycles. The summed E-state index contributed by atoms with van der Waals surface area (Å²) in [6.45, 7) is 10.6. The molecule has 0 amide bonds. The van der Waals surface area contributed by atoms with Crippen molar-refractivity contribution in [3.8, 4) is 22.3 Å². The molecule has 1 heterocycles. The van der Waals surface area contributed by atoms with Gasteiger partial charge in [0.05, 0.1) is 0 Å². The summed E-state index contributed by atoms with van der Waals surface area (Å²) in [7, 11) is 0. The van der Waals surface area contributed by atoms with Crippen LogP contribution in [-0.4, -0.2) is 6.54 Å². The second-order valence-electron chi connectivity index (χ2n) is 16.2.